The number of ether oxygens (including phenoxy) is 1. The second-order valence-electron chi connectivity index (χ2n) is 4.90. The molecule has 0 amide bonds. The summed E-state index contributed by atoms with van der Waals surface area (Å²) in [7, 11) is 0. The molecule has 1 heterocycles. The first-order chi connectivity index (χ1) is 8.78. The lowest BCUT2D eigenvalue weighted by molar-refractivity contribution is -0.151. The smallest absolute Gasteiger partial charge is 0.354 e. The molecule has 0 spiro atoms. The number of esters is 1. The molecule has 0 aliphatic carbocycles. The van der Waals surface area contributed by atoms with Crippen LogP contribution in [0.25, 0.3) is 0 Å². The van der Waals surface area contributed by atoms with E-state index < -0.39 is 11.6 Å². The van der Waals surface area contributed by atoms with Crippen LogP contribution in [-0.2, 0) is 15.3 Å². The number of carbonyl (C=O) groups is 2. The Labute approximate surface area is 116 Å². The number of pyridine rings is 1. The lowest BCUT2D eigenvalue weighted by Crippen LogP contribution is -2.24. The number of carboxylic acid groups (broad SMARTS) is 1. The third kappa shape index (κ3) is 6.24. The van der Waals surface area contributed by atoms with Crippen molar-refractivity contribution in [2.45, 2.75) is 32.1 Å². The molecule has 1 aromatic rings. The molecule has 5 nitrogen and oxygen atoms in total. The number of carbonyl (C=O) groups excluding carboxylic acids is 1. The minimum absolute atomic E-state index is 0.00960. The highest BCUT2D eigenvalue weighted by atomic mass is 32.2. The van der Waals surface area contributed by atoms with Crippen molar-refractivity contribution in [3.8, 4) is 0 Å². The Morgan fingerprint density at radius 2 is 2.05 bits per heavy atom. The zero-order valence-electron chi connectivity index (χ0n) is 11.2. The number of rotatable bonds is 5. The topological polar surface area (TPSA) is 76.5 Å². The van der Waals surface area contributed by atoms with Gasteiger partial charge in [-0.3, -0.25) is 4.79 Å². The highest BCUT2D eigenvalue weighted by molar-refractivity contribution is 7.99. The van der Waals surface area contributed by atoms with Gasteiger partial charge in [0, 0.05) is 5.75 Å². The first kappa shape index (κ1) is 15.5. The van der Waals surface area contributed by atoms with Gasteiger partial charge in [-0.2, -0.15) is 0 Å². The maximum atomic E-state index is 11.5. The SMILES string of the molecule is CC(C)(C)OC(=O)CSCc1cccc(C(=O)O)n1. The van der Waals surface area contributed by atoms with E-state index in [4.69, 9.17) is 9.84 Å². The first-order valence-electron chi connectivity index (χ1n) is 5.77. The molecule has 0 saturated heterocycles. The van der Waals surface area contributed by atoms with Gasteiger partial charge in [0.1, 0.15) is 11.3 Å². The molecule has 0 saturated carbocycles. The van der Waals surface area contributed by atoms with Crippen LogP contribution < -0.4 is 0 Å². The van der Waals surface area contributed by atoms with Gasteiger partial charge >= 0.3 is 11.9 Å². The summed E-state index contributed by atoms with van der Waals surface area (Å²) in [6, 6.07) is 4.80. The van der Waals surface area contributed by atoms with Crippen molar-refractivity contribution in [1.82, 2.24) is 4.98 Å². The fourth-order valence-electron chi connectivity index (χ4n) is 1.29. The molecule has 6 heteroatoms. The molecule has 0 aromatic carbocycles. The number of aromatic carboxylic acids is 1. The third-order valence-corrected chi connectivity index (χ3v) is 2.86. The van der Waals surface area contributed by atoms with Crippen LogP contribution in [0.4, 0.5) is 0 Å². The monoisotopic (exact) mass is 283 g/mol. The average Bonchev–Trinajstić information content (AvgIpc) is 2.27. The van der Waals surface area contributed by atoms with Crippen LogP contribution in [0.2, 0.25) is 0 Å². The van der Waals surface area contributed by atoms with Crippen LogP contribution in [0.15, 0.2) is 18.2 Å². The normalized spacial score (nSPS) is 11.1. The van der Waals surface area contributed by atoms with Gasteiger partial charge in [-0.1, -0.05) is 6.07 Å². The molecule has 19 heavy (non-hydrogen) atoms. The number of hydrogen-bond donors (Lipinski definition) is 1. The average molecular weight is 283 g/mol. The molecule has 0 radical (unpaired) electrons. The molecular weight excluding hydrogens is 266 g/mol. The summed E-state index contributed by atoms with van der Waals surface area (Å²) in [6.45, 7) is 5.44. The van der Waals surface area contributed by atoms with E-state index in [0.717, 1.165) is 0 Å². The number of nitrogens with zero attached hydrogens (tertiary/aromatic N) is 1. The van der Waals surface area contributed by atoms with Crippen LogP contribution >= 0.6 is 11.8 Å². The Morgan fingerprint density at radius 1 is 1.37 bits per heavy atom. The number of thioether (sulfide) groups is 1. The first-order valence-corrected chi connectivity index (χ1v) is 6.92. The zero-order chi connectivity index (χ0) is 14.5. The summed E-state index contributed by atoms with van der Waals surface area (Å²) < 4.78 is 5.16. The standard InChI is InChI=1S/C13H17NO4S/c1-13(2,3)18-11(15)8-19-7-9-5-4-6-10(14-9)12(16)17/h4-6H,7-8H2,1-3H3,(H,16,17). The molecule has 1 N–H and O–H groups in total. The van der Waals surface area contributed by atoms with E-state index in [1.54, 1.807) is 12.1 Å². The molecule has 0 fully saturated rings. The number of hydrogen-bond acceptors (Lipinski definition) is 5. The van der Waals surface area contributed by atoms with Gasteiger partial charge in [0.2, 0.25) is 0 Å². The Morgan fingerprint density at radius 3 is 2.63 bits per heavy atom. The lowest BCUT2D eigenvalue weighted by atomic mass is 10.2. The highest BCUT2D eigenvalue weighted by Gasteiger charge is 2.16. The molecule has 1 rings (SSSR count). The number of carboxylic acids is 1. The maximum Gasteiger partial charge on any atom is 0.354 e. The fraction of sp³-hybridized carbons (Fsp3) is 0.462. The molecule has 0 aliphatic heterocycles. The molecule has 0 bridgehead atoms. The maximum absolute atomic E-state index is 11.5. The van der Waals surface area contributed by atoms with Gasteiger partial charge in [0.05, 0.1) is 11.4 Å². The molecule has 0 unspecified atom stereocenters. The summed E-state index contributed by atoms with van der Waals surface area (Å²) in [5, 5.41) is 8.81. The Balaban J connectivity index is 2.43. The van der Waals surface area contributed by atoms with Crippen LogP contribution in [0.1, 0.15) is 37.0 Å². The van der Waals surface area contributed by atoms with Crippen molar-refractivity contribution in [1.29, 1.82) is 0 Å². The second-order valence-corrected chi connectivity index (χ2v) is 5.88. The van der Waals surface area contributed by atoms with Crippen molar-refractivity contribution in [2.75, 3.05) is 5.75 Å². The van der Waals surface area contributed by atoms with Crippen molar-refractivity contribution in [3.63, 3.8) is 0 Å². The van der Waals surface area contributed by atoms with Crippen LogP contribution in [0, 0.1) is 0 Å². The second kappa shape index (κ2) is 6.56. The number of aromatic nitrogens is 1. The summed E-state index contributed by atoms with van der Waals surface area (Å²) in [4.78, 5) is 26.2. The van der Waals surface area contributed by atoms with Crippen molar-refractivity contribution in [2.24, 2.45) is 0 Å². The quantitative estimate of drug-likeness (QED) is 0.836. The Bertz CT molecular complexity index is 468. The summed E-state index contributed by atoms with van der Waals surface area (Å²) in [5.41, 5.74) is 0.155. The molecule has 0 atom stereocenters. The minimum Gasteiger partial charge on any atom is -0.477 e. The van der Waals surface area contributed by atoms with Gasteiger partial charge < -0.3 is 9.84 Å². The molecule has 0 aliphatic rings. The predicted octanol–water partition coefficient (Wildman–Crippen LogP) is 2.35. The van der Waals surface area contributed by atoms with Crippen LogP contribution in [0.5, 0.6) is 0 Å². The summed E-state index contributed by atoms with van der Waals surface area (Å²) in [6.07, 6.45) is 0. The van der Waals surface area contributed by atoms with E-state index >= 15 is 0 Å². The van der Waals surface area contributed by atoms with Crippen LogP contribution in [-0.4, -0.2) is 33.4 Å². The zero-order valence-corrected chi connectivity index (χ0v) is 12.0. The van der Waals surface area contributed by atoms with E-state index in [-0.39, 0.29) is 17.4 Å². The summed E-state index contributed by atoms with van der Waals surface area (Å²) in [5.74, 6) is -0.651. The Hall–Kier alpha value is -1.56. The molecule has 1 aromatic heterocycles. The van der Waals surface area contributed by atoms with Gasteiger partial charge in [-0.15, -0.1) is 11.8 Å². The van der Waals surface area contributed by atoms with Crippen molar-refractivity contribution in [3.05, 3.63) is 29.6 Å². The van der Waals surface area contributed by atoms with E-state index in [2.05, 4.69) is 4.98 Å². The van der Waals surface area contributed by atoms with E-state index in [1.165, 1.54) is 17.8 Å². The van der Waals surface area contributed by atoms with Gasteiger partial charge in [-0.05, 0) is 32.9 Å². The Kier molecular flexibility index (Phi) is 5.35. The lowest BCUT2D eigenvalue weighted by Gasteiger charge is -2.19. The van der Waals surface area contributed by atoms with E-state index in [0.29, 0.717) is 11.4 Å². The summed E-state index contributed by atoms with van der Waals surface area (Å²) >= 11 is 1.35. The third-order valence-electron chi connectivity index (χ3n) is 1.92. The van der Waals surface area contributed by atoms with Crippen LogP contribution in [0.3, 0.4) is 0 Å². The van der Waals surface area contributed by atoms with E-state index in [1.807, 2.05) is 20.8 Å². The predicted molar refractivity (Wildman–Crippen MR) is 73.2 cm³/mol. The molecule has 104 valence electrons. The van der Waals surface area contributed by atoms with Gasteiger partial charge in [0.15, 0.2) is 0 Å². The fourth-order valence-corrected chi connectivity index (χ4v) is 1.99. The largest absolute Gasteiger partial charge is 0.477 e. The minimum atomic E-state index is -1.06. The van der Waals surface area contributed by atoms with Gasteiger partial charge in [-0.25, -0.2) is 9.78 Å². The van der Waals surface area contributed by atoms with E-state index in [9.17, 15) is 9.59 Å². The van der Waals surface area contributed by atoms with Gasteiger partial charge in [0.25, 0.3) is 0 Å². The van der Waals surface area contributed by atoms with Crippen molar-refractivity contribution < 1.29 is 19.4 Å². The van der Waals surface area contributed by atoms with Crippen molar-refractivity contribution >= 4 is 23.7 Å². The highest BCUT2D eigenvalue weighted by Crippen LogP contribution is 2.14. The molecular formula is C13H17NO4S.